The van der Waals surface area contributed by atoms with Crippen molar-refractivity contribution >= 4 is 39.2 Å². The van der Waals surface area contributed by atoms with Crippen molar-refractivity contribution in [1.29, 1.82) is 0 Å². The Kier molecular flexibility index (Phi) is 6.94. The van der Waals surface area contributed by atoms with Gasteiger partial charge in [0.25, 0.3) is 10.0 Å². The molecule has 1 saturated heterocycles. The Bertz CT molecular complexity index is 1250. The first-order valence-electron chi connectivity index (χ1n) is 10.6. The van der Waals surface area contributed by atoms with Crippen molar-refractivity contribution in [1.82, 2.24) is 19.5 Å². The fourth-order valence-electron chi connectivity index (χ4n) is 3.88. The number of nitrogens with one attached hydrogen (secondary N) is 2. The predicted molar refractivity (Wildman–Crippen MR) is 130 cm³/mol. The van der Waals surface area contributed by atoms with Crippen LogP contribution in [0.25, 0.3) is 0 Å². The van der Waals surface area contributed by atoms with Crippen LogP contribution in [0.4, 0.5) is 16.3 Å². The van der Waals surface area contributed by atoms with E-state index in [1.165, 1.54) is 6.20 Å². The molecule has 2 amide bonds. The van der Waals surface area contributed by atoms with Gasteiger partial charge in [-0.2, -0.15) is 4.09 Å². The maximum absolute atomic E-state index is 12.7. The molecule has 0 aliphatic carbocycles. The number of anilines is 2. The average Bonchev–Trinajstić information content (AvgIpc) is 3.32. The zero-order chi connectivity index (χ0) is 24.3. The number of rotatable bonds is 6. The molecule has 0 radical (unpaired) electrons. The molecule has 1 fully saturated rings. The number of carbonyl (C=O) groups is 1. The van der Waals surface area contributed by atoms with E-state index in [1.807, 2.05) is 17.0 Å². The standard InChI is InChI=1S/C22H25ClN6O4S/c1-33-17-7-8-19(24-13-17)18-14-28(21-10-12-29(27-21)34(2,31)32)11-9-20(18)26-22(30)25-16-5-3-15(23)4-6-16/h3-8,10,12-13,18,20H,9,11,14H2,1-2H3,(H2,25,26,30)/t18-,20+/m0/s1. The van der Waals surface area contributed by atoms with Crippen LogP contribution in [0, 0.1) is 0 Å². The van der Waals surface area contributed by atoms with Gasteiger partial charge in [-0.15, -0.1) is 5.10 Å². The number of hydrogen-bond donors (Lipinski definition) is 2. The van der Waals surface area contributed by atoms with Gasteiger partial charge < -0.3 is 20.3 Å². The highest BCUT2D eigenvalue weighted by Crippen LogP contribution is 2.30. The van der Waals surface area contributed by atoms with E-state index in [1.54, 1.807) is 43.6 Å². The van der Waals surface area contributed by atoms with Gasteiger partial charge in [0.15, 0.2) is 5.82 Å². The van der Waals surface area contributed by atoms with E-state index in [-0.39, 0.29) is 18.0 Å². The highest BCUT2D eigenvalue weighted by Gasteiger charge is 2.33. The average molecular weight is 505 g/mol. The number of carbonyl (C=O) groups excluding carboxylic acids is 1. The maximum Gasteiger partial charge on any atom is 0.319 e. The molecule has 12 heteroatoms. The Hall–Kier alpha value is -3.31. The van der Waals surface area contributed by atoms with E-state index < -0.39 is 10.0 Å². The largest absolute Gasteiger partial charge is 0.495 e. The molecule has 34 heavy (non-hydrogen) atoms. The zero-order valence-corrected chi connectivity index (χ0v) is 20.3. The summed E-state index contributed by atoms with van der Waals surface area (Å²) in [4.78, 5) is 19.2. The van der Waals surface area contributed by atoms with Crippen LogP contribution < -0.4 is 20.3 Å². The van der Waals surface area contributed by atoms with Crippen LogP contribution in [0.2, 0.25) is 5.02 Å². The van der Waals surface area contributed by atoms with Crippen molar-refractivity contribution < 1.29 is 17.9 Å². The van der Waals surface area contributed by atoms with Crippen LogP contribution >= 0.6 is 11.6 Å². The summed E-state index contributed by atoms with van der Waals surface area (Å²) in [7, 11) is -1.90. The number of amides is 2. The lowest BCUT2D eigenvalue weighted by atomic mass is 9.89. The Morgan fingerprint density at radius 1 is 1.18 bits per heavy atom. The van der Waals surface area contributed by atoms with Gasteiger partial charge in [-0.1, -0.05) is 11.6 Å². The van der Waals surface area contributed by atoms with Gasteiger partial charge in [0.05, 0.1) is 19.6 Å². The van der Waals surface area contributed by atoms with Crippen molar-refractivity contribution in [2.45, 2.75) is 18.4 Å². The van der Waals surface area contributed by atoms with Crippen molar-refractivity contribution in [2.75, 3.05) is 36.7 Å². The van der Waals surface area contributed by atoms with Crippen molar-refractivity contribution in [3.63, 3.8) is 0 Å². The Balaban J connectivity index is 1.53. The van der Waals surface area contributed by atoms with Crippen LogP contribution in [0.3, 0.4) is 0 Å². The normalized spacial score (nSPS) is 18.4. The number of nitrogens with zero attached hydrogens (tertiary/aromatic N) is 4. The molecule has 1 aromatic carbocycles. The molecule has 3 heterocycles. The molecule has 0 bridgehead atoms. The third-order valence-corrected chi connectivity index (χ3v) is 6.76. The third-order valence-electron chi connectivity index (χ3n) is 5.62. The minimum Gasteiger partial charge on any atom is -0.495 e. The molecule has 2 atom stereocenters. The SMILES string of the molecule is COc1ccc([C@@H]2CN(c3ccn(S(C)(=O)=O)n3)CC[C@H]2NC(=O)Nc2ccc(Cl)cc2)nc1. The molecule has 180 valence electrons. The molecule has 4 rings (SSSR count). The zero-order valence-electron chi connectivity index (χ0n) is 18.7. The first kappa shape index (κ1) is 23.8. The first-order chi connectivity index (χ1) is 16.2. The number of methoxy groups -OCH3 is 1. The minimum atomic E-state index is -3.47. The summed E-state index contributed by atoms with van der Waals surface area (Å²) in [6.07, 6.45) is 4.77. The summed E-state index contributed by atoms with van der Waals surface area (Å²) < 4.78 is 29.8. The third kappa shape index (κ3) is 5.60. The topological polar surface area (TPSA) is 118 Å². The molecule has 0 saturated carbocycles. The maximum atomic E-state index is 12.7. The molecule has 1 aliphatic heterocycles. The summed E-state index contributed by atoms with van der Waals surface area (Å²) >= 11 is 5.91. The van der Waals surface area contributed by atoms with Crippen LogP contribution in [0.15, 0.2) is 54.9 Å². The second-order valence-corrected chi connectivity index (χ2v) is 10.3. The Morgan fingerprint density at radius 3 is 2.56 bits per heavy atom. The number of urea groups is 1. The van der Waals surface area contributed by atoms with Crippen LogP contribution in [-0.2, 0) is 10.0 Å². The lowest BCUT2D eigenvalue weighted by Crippen LogP contribution is -2.51. The fraction of sp³-hybridized carbons (Fsp3) is 0.318. The number of halogens is 1. The van der Waals surface area contributed by atoms with E-state index in [0.29, 0.717) is 41.8 Å². The van der Waals surface area contributed by atoms with Crippen LogP contribution in [-0.4, -0.2) is 61.1 Å². The minimum absolute atomic E-state index is 0.168. The molecule has 0 spiro atoms. The molecule has 2 aromatic heterocycles. The molecular weight excluding hydrogens is 480 g/mol. The van der Waals surface area contributed by atoms with Gasteiger partial charge in [-0.25, -0.2) is 13.2 Å². The van der Waals surface area contributed by atoms with E-state index in [4.69, 9.17) is 16.3 Å². The lowest BCUT2D eigenvalue weighted by molar-refractivity contribution is 0.243. The number of hydrogen-bond acceptors (Lipinski definition) is 7. The van der Waals surface area contributed by atoms with Gasteiger partial charge in [0.1, 0.15) is 5.75 Å². The van der Waals surface area contributed by atoms with Crippen molar-refractivity contribution in [3.05, 3.63) is 65.6 Å². The second-order valence-electron chi connectivity index (χ2n) is 7.99. The fourth-order valence-corrected chi connectivity index (χ4v) is 4.52. The smallest absolute Gasteiger partial charge is 0.319 e. The molecule has 2 N–H and O–H groups in total. The highest BCUT2D eigenvalue weighted by atomic mass is 35.5. The monoisotopic (exact) mass is 504 g/mol. The number of aromatic nitrogens is 3. The molecule has 1 aliphatic rings. The molecule has 10 nitrogen and oxygen atoms in total. The number of piperidine rings is 1. The van der Waals surface area contributed by atoms with E-state index >= 15 is 0 Å². The summed E-state index contributed by atoms with van der Waals surface area (Å²) in [6, 6.07) is 11.7. The number of ether oxygens (including phenoxy) is 1. The van der Waals surface area contributed by atoms with Crippen molar-refractivity contribution in [3.8, 4) is 5.75 Å². The van der Waals surface area contributed by atoms with Crippen molar-refractivity contribution in [2.24, 2.45) is 0 Å². The summed E-state index contributed by atoms with van der Waals surface area (Å²) in [5, 5.41) is 10.7. The van der Waals surface area contributed by atoms with Crippen LogP contribution in [0.1, 0.15) is 18.0 Å². The molecule has 3 aromatic rings. The van der Waals surface area contributed by atoms with E-state index in [9.17, 15) is 13.2 Å². The summed E-state index contributed by atoms with van der Waals surface area (Å²) in [5.74, 6) is 1.01. The summed E-state index contributed by atoms with van der Waals surface area (Å²) in [6.45, 7) is 1.07. The predicted octanol–water partition coefficient (Wildman–Crippen LogP) is 2.93. The quantitative estimate of drug-likeness (QED) is 0.529. The number of benzene rings is 1. The Labute approximate surface area is 202 Å². The number of pyridine rings is 1. The van der Waals surface area contributed by atoms with Gasteiger partial charge >= 0.3 is 6.03 Å². The Morgan fingerprint density at radius 2 is 1.94 bits per heavy atom. The first-order valence-corrected chi connectivity index (χ1v) is 12.8. The highest BCUT2D eigenvalue weighted by molar-refractivity contribution is 7.89. The van der Waals surface area contributed by atoms with Gasteiger partial charge in [0, 0.05) is 53.7 Å². The molecule has 0 unspecified atom stereocenters. The van der Waals surface area contributed by atoms with Gasteiger partial charge in [-0.3, -0.25) is 4.98 Å². The summed E-state index contributed by atoms with van der Waals surface area (Å²) in [5.41, 5.74) is 1.41. The lowest BCUT2D eigenvalue weighted by Gasteiger charge is -2.38. The van der Waals surface area contributed by atoms with Gasteiger partial charge in [0.2, 0.25) is 0 Å². The molecular formula is C22H25ClN6O4S. The van der Waals surface area contributed by atoms with Gasteiger partial charge in [-0.05, 0) is 42.8 Å². The van der Waals surface area contributed by atoms with E-state index in [0.717, 1.165) is 16.0 Å². The second kappa shape index (κ2) is 9.90. The van der Waals surface area contributed by atoms with Crippen LogP contribution in [0.5, 0.6) is 5.75 Å². The van der Waals surface area contributed by atoms with E-state index in [2.05, 4.69) is 20.7 Å².